The number of hydrogen-bond donors (Lipinski definition) is 0. The zero-order valence-electron chi connectivity index (χ0n) is 13.9. The second kappa shape index (κ2) is 8.49. The third-order valence-corrected chi connectivity index (χ3v) is 7.07. The summed E-state index contributed by atoms with van der Waals surface area (Å²) in [5.74, 6) is -0.251. The lowest BCUT2D eigenvalue weighted by Gasteiger charge is -2.20. The average Bonchev–Trinajstić information content (AvgIpc) is 2.56. The first-order valence-corrected chi connectivity index (χ1v) is 11.2. The van der Waals surface area contributed by atoms with E-state index in [1.54, 1.807) is 6.08 Å². The van der Waals surface area contributed by atoms with E-state index in [0.29, 0.717) is 6.61 Å². The molecule has 0 N–H and O–H groups in total. The number of carbonyl (C=O) groups excluding carboxylic acids is 1. The quantitative estimate of drug-likeness (QED) is 0.438. The van der Waals surface area contributed by atoms with Crippen LogP contribution in [0.3, 0.4) is 0 Å². The number of benzene rings is 2. The Bertz CT molecular complexity index is 633. The van der Waals surface area contributed by atoms with E-state index in [1.807, 2.05) is 42.5 Å². The van der Waals surface area contributed by atoms with Crippen LogP contribution >= 0.6 is 0 Å². The van der Waals surface area contributed by atoms with Gasteiger partial charge in [0.15, 0.2) is 0 Å². The molecule has 2 nitrogen and oxygen atoms in total. The molecule has 0 aliphatic heterocycles. The molecule has 0 aromatic heterocycles. The van der Waals surface area contributed by atoms with Crippen molar-refractivity contribution in [3.05, 3.63) is 78.4 Å². The monoisotopic (exact) mass is 324 g/mol. The van der Waals surface area contributed by atoms with E-state index in [0.717, 1.165) is 12.5 Å². The predicted octanol–water partition coefficient (Wildman–Crippen LogP) is 3.94. The van der Waals surface area contributed by atoms with Crippen molar-refractivity contribution in [2.24, 2.45) is 0 Å². The van der Waals surface area contributed by atoms with Gasteiger partial charge in [-0.15, -0.1) is 0 Å². The van der Waals surface area contributed by atoms with Gasteiger partial charge in [0.05, 0.1) is 14.7 Å². The van der Waals surface area contributed by atoms with Crippen molar-refractivity contribution in [2.75, 3.05) is 6.61 Å². The molecule has 0 amide bonds. The maximum atomic E-state index is 11.8. The Morgan fingerprint density at radius 2 is 1.61 bits per heavy atom. The van der Waals surface area contributed by atoms with E-state index in [-0.39, 0.29) is 5.97 Å². The third-order valence-electron chi connectivity index (χ3n) is 3.92. The Kier molecular flexibility index (Phi) is 6.36. The number of esters is 1. The van der Waals surface area contributed by atoms with Crippen LogP contribution in [-0.2, 0) is 16.0 Å². The molecule has 0 heterocycles. The summed E-state index contributed by atoms with van der Waals surface area (Å²) in [4.78, 5) is 11.8. The Labute approximate surface area is 139 Å². The summed E-state index contributed by atoms with van der Waals surface area (Å²) in [6, 6.07) is 21.5. The van der Waals surface area contributed by atoms with Crippen LogP contribution in [0.4, 0.5) is 0 Å². The van der Waals surface area contributed by atoms with Gasteiger partial charge in [-0.2, -0.15) is 0 Å². The van der Waals surface area contributed by atoms with Gasteiger partial charge in [-0.05, 0) is 11.6 Å². The van der Waals surface area contributed by atoms with Gasteiger partial charge in [0, 0.05) is 12.5 Å². The van der Waals surface area contributed by atoms with Crippen LogP contribution < -0.4 is 5.19 Å². The number of allylic oxidation sites excluding steroid dienone is 1. The lowest BCUT2D eigenvalue weighted by molar-refractivity contribution is -0.137. The summed E-state index contributed by atoms with van der Waals surface area (Å²) in [5.41, 5.74) is 1.18. The van der Waals surface area contributed by atoms with Crippen molar-refractivity contribution >= 4 is 19.2 Å². The molecule has 0 bridgehead atoms. The van der Waals surface area contributed by atoms with Crippen LogP contribution in [0.5, 0.6) is 0 Å². The molecule has 2 aromatic rings. The summed E-state index contributed by atoms with van der Waals surface area (Å²) >= 11 is 0. The molecule has 2 aromatic carbocycles. The van der Waals surface area contributed by atoms with Crippen LogP contribution in [0.1, 0.15) is 5.56 Å². The van der Waals surface area contributed by atoms with E-state index in [2.05, 4.69) is 37.4 Å². The second-order valence-electron chi connectivity index (χ2n) is 6.26. The highest BCUT2D eigenvalue weighted by atomic mass is 28.3. The number of carbonyl (C=O) groups is 1. The molecule has 0 saturated heterocycles. The molecule has 3 heteroatoms. The van der Waals surface area contributed by atoms with Gasteiger partial charge in [0.2, 0.25) is 0 Å². The largest absolute Gasteiger partial charge is 0.462 e. The normalized spacial score (nSPS) is 11.6. The minimum atomic E-state index is -1.52. The minimum Gasteiger partial charge on any atom is -0.462 e. The van der Waals surface area contributed by atoms with Crippen molar-refractivity contribution < 1.29 is 9.53 Å². The fourth-order valence-electron chi connectivity index (χ4n) is 2.42. The van der Waals surface area contributed by atoms with Crippen molar-refractivity contribution in [3.63, 3.8) is 0 Å². The summed E-state index contributed by atoms with van der Waals surface area (Å²) in [6.07, 6.45) is 4.29. The standard InChI is InChI=1S/C20H24O2Si/c1-23(2,19-12-7-4-8-13-19)17-9-14-20(21)22-16-15-18-10-5-3-6-11-18/h3-14H,15-17H2,1-2H3/b14-9+. The Morgan fingerprint density at radius 1 is 1.00 bits per heavy atom. The fraction of sp³-hybridized carbons (Fsp3) is 0.250. The lowest BCUT2D eigenvalue weighted by Crippen LogP contribution is -2.40. The first-order chi connectivity index (χ1) is 11.1. The zero-order chi connectivity index (χ0) is 16.5. The maximum Gasteiger partial charge on any atom is 0.330 e. The van der Waals surface area contributed by atoms with E-state index >= 15 is 0 Å². The Hall–Kier alpha value is -2.13. The SMILES string of the molecule is C[Si](C)(C/C=C/C(=O)OCCc1ccccc1)c1ccccc1. The molecular weight excluding hydrogens is 300 g/mol. The predicted molar refractivity (Wildman–Crippen MR) is 98.6 cm³/mol. The molecule has 2 rings (SSSR count). The van der Waals surface area contributed by atoms with E-state index < -0.39 is 8.07 Å². The van der Waals surface area contributed by atoms with Crippen molar-refractivity contribution in [3.8, 4) is 0 Å². The second-order valence-corrected chi connectivity index (χ2v) is 11.0. The molecule has 0 fully saturated rings. The molecule has 0 spiro atoms. The Morgan fingerprint density at radius 3 is 2.26 bits per heavy atom. The molecule has 0 unspecified atom stereocenters. The number of hydrogen-bond acceptors (Lipinski definition) is 2. The van der Waals surface area contributed by atoms with Crippen molar-refractivity contribution in [1.82, 2.24) is 0 Å². The van der Waals surface area contributed by atoms with Crippen LogP contribution in [0.25, 0.3) is 0 Å². The van der Waals surface area contributed by atoms with Crippen LogP contribution in [0, 0.1) is 0 Å². The van der Waals surface area contributed by atoms with Crippen LogP contribution in [0.2, 0.25) is 19.1 Å². The van der Waals surface area contributed by atoms with Crippen molar-refractivity contribution in [1.29, 1.82) is 0 Å². The van der Waals surface area contributed by atoms with Gasteiger partial charge >= 0.3 is 5.97 Å². The van der Waals surface area contributed by atoms with Gasteiger partial charge in [-0.3, -0.25) is 0 Å². The fourth-order valence-corrected chi connectivity index (χ4v) is 4.46. The van der Waals surface area contributed by atoms with Crippen LogP contribution in [0.15, 0.2) is 72.8 Å². The van der Waals surface area contributed by atoms with E-state index in [4.69, 9.17) is 4.74 Å². The Balaban J connectivity index is 1.75. The van der Waals surface area contributed by atoms with Gasteiger partial charge in [0.25, 0.3) is 0 Å². The van der Waals surface area contributed by atoms with Gasteiger partial charge in [-0.1, -0.05) is 85.0 Å². The van der Waals surface area contributed by atoms with E-state index in [9.17, 15) is 4.79 Å². The molecule has 0 aliphatic rings. The highest BCUT2D eigenvalue weighted by Gasteiger charge is 2.21. The minimum absolute atomic E-state index is 0.251. The highest BCUT2D eigenvalue weighted by molar-refractivity contribution is 6.90. The van der Waals surface area contributed by atoms with Crippen LogP contribution in [-0.4, -0.2) is 20.7 Å². The molecule has 0 radical (unpaired) electrons. The van der Waals surface area contributed by atoms with Crippen molar-refractivity contribution in [2.45, 2.75) is 25.6 Å². The molecule has 0 saturated carbocycles. The lowest BCUT2D eigenvalue weighted by atomic mass is 10.2. The number of ether oxygens (including phenoxy) is 1. The first kappa shape index (κ1) is 17.2. The molecule has 0 atom stereocenters. The summed E-state index contributed by atoms with van der Waals surface area (Å²) in [6.45, 7) is 5.05. The summed E-state index contributed by atoms with van der Waals surface area (Å²) in [5, 5.41) is 1.40. The van der Waals surface area contributed by atoms with Gasteiger partial charge in [-0.25, -0.2) is 4.79 Å². The first-order valence-electron chi connectivity index (χ1n) is 8.01. The summed E-state index contributed by atoms with van der Waals surface area (Å²) in [7, 11) is -1.52. The average molecular weight is 324 g/mol. The summed E-state index contributed by atoms with van der Waals surface area (Å²) < 4.78 is 5.26. The van der Waals surface area contributed by atoms with Gasteiger partial charge in [0.1, 0.15) is 0 Å². The molecule has 0 aliphatic carbocycles. The molecule has 23 heavy (non-hydrogen) atoms. The smallest absolute Gasteiger partial charge is 0.330 e. The molecule has 120 valence electrons. The zero-order valence-corrected chi connectivity index (χ0v) is 14.9. The maximum absolute atomic E-state index is 11.8. The van der Waals surface area contributed by atoms with E-state index in [1.165, 1.54) is 10.8 Å². The molecular formula is C20H24O2Si. The number of rotatable bonds is 7. The topological polar surface area (TPSA) is 26.3 Å². The van der Waals surface area contributed by atoms with Gasteiger partial charge < -0.3 is 4.74 Å². The third kappa shape index (κ3) is 5.87. The highest BCUT2D eigenvalue weighted by Crippen LogP contribution is 2.10.